The molecule has 3 heteroatoms. The summed E-state index contributed by atoms with van der Waals surface area (Å²) in [7, 11) is 1.82. The number of hydrogen-bond donors (Lipinski definition) is 1. The minimum atomic E-state index is -0.0372. The zero-order valence-corrected chi connectivity index (χ0v) is 13.3. The Balaban J connectivity index is 2.23. The van der Waals surface area contributed by atoms with E-state index in [0.29, 0.717) is 12.6 Å². The molecule has 1 aromatic rings. The van der Waals surface area contributed by atoms with Gasteiger partial charge in [-0.2, -0.15) is 0 Å². The van der Waals surface area contributed by atoms with Gasteiger partial charge >= 0.3 is 0 Å². The van der Waals surface area contributed by atoms with Gasteiger partial charge in [0.25, 0.3) is 0 Å². The Bertz CT molecular complexity index is 440. The number of nitrogens with two attached hydrogens (primary N) is 1. The molecule has 1 aromatic carbocycles. The van der Waals surface area contributed by atoms with E-state index in [0.717, 1.165) is 19.5 Å². The molecule has 2 rings (SSSR count). The summed E-state index contributed by atoms with van der Waals surface area (Å²) in [5.74, 6) is 0. The first-order chi connectivity index (χ1) is 9.47. The van der Waals surface area contributed by atoms with E-state index in [-0.39, 0.29) is 5.60 Å². The van der Waals surface area contributed by atoms with Gasteiger partial charge in [0.2, 0.25) is 0 Å². The highest BCUT2D eigenvalue weighted by Gasteiger charge is 2.34. The van der Waals surface area contributed by atoms with E-state index < -0.39 is 0 Å². The summed E-state index contributed by atoms with van der Waals surface area (Å²) >= 11 is 0. The van der Waals surface area contributed by atoms with Crippen LogP contribution in [-0.4, -0.2) is 37.2 Å². The Morgan fingerprint density at radius 2 is 1.95 bits per heavy atom. The van der Waals surface area contributed by atoms with Crippen LogP contribution in [0.15, 0.2) is 18.2 Å². The normalized spacial score (nSPS) is 25.6. The van der Waals surface area contributed by atoms with Gasteiger partial charge in [0.05, 0.1) is 5.60 Å². The minimum Gasteiger partial charge on any atom is -0.377 e. The zero-order valence-electron chi connectivity index (χ0n) is 13.3. The van der Waals surface area contributed by atoms with Gasteiger partial charge in [-0.1, -0.05) is 29.3 Å². The van der Waals surface area contributed by atoms with Crippen molar-refractivity contribution < 1.29 is 4.74 Å². The third-order valence-corrected chi connectivity index (χ3v) is 4.47. The summed E-state index contributed by atoms with van der Waals surface area (Å²) < 4.78 is 5.70. The molecule has 3 nitrogen and oxygen atoms in total. The number of methoxy groups -OCH3 is 1. The maximum absolute atomic E-state index is 6.08. The molecule has 0 saturated carbocycles. The number of piperidine rings is 1. The van der Waals surface area contributed by atoms with Crippen LogP contribution < -0.4 is 5.73 Å². The Morgan fingerprint density at radius 1 is 1.30 bits per heavy atom. The molecule has 1 saturated heterocycles. The van der Waals surface area contributed by atoms with Crippen molar-refractivity contribution in [3.63, 3.8) is 0 Å². The first kappa shape index (κ1) is 15.5. The standard InChI is InChI=1S/C17H28N2O/c1-13-8-14(2)10-15(9-13)16(11-18)19-7-5-6-17(3,12-19)20-4/h8-10,16H,5-7,11-12,18H2,1-4H3. The highest BCUT2D eigenvalue weighted by Crippen LogP contribution is 2.30. The number of hydrogen-bond acceptors (Lipinski definition) is 3. The first-order valence-electron chi connectivity index (χ1n) is 7.55. The molecule has 112 valence electrons. The quantitative estimate of drug-likeness (QED) is 0.919. The maximum atomic E-state index is 6.08. The highest BCUT2D eigenvalue weighted by molar-refractivity contribution is 5.31. The lowest BCUT2D eigenvalue weighted by atomic mass is 9.91. The average Bonchev–Trinajstić information content (AvgIpc) is 2.39. The van der Waals surface area contributed by atoms with Gasteiger partial charge in [0, 0.05) is 26.2 Å². The van der Waals surface area contributed by atoms with Crippen LogP contribution in [0, 0.1) is 13.8 Å². The summed E-state index contributed by atoms with van der Waals surface area (Å²) in [5.41, 5.74) is 10.0. The molecule has 0 spiro atoms. The Morgan fingerprint density at radius 3 is 2.50 bits per heavy atom. The van der Waals surface area contributed by atoms with Crippen LogP contribution in [0.5, 0.6) is 0 Å². The van der Waals surface area contributed by atoms with E-state index in [1.807, 2.05) is 7.11 Å². The molecule has 1 heterocycles. The van der Waals surface area contributed by atoms with Gasteiger partial charge in [-0.25, -0.2) is 0 Å². The third-order valence-electron chi connectivity index (χ3n) is 4.47. The van der Waals surface area contributed by atoms with Crippen LogP contribution in [0.4, 0.5) is 0 Å². The summed E-state index contributed by atoms with van der Waals surface area (Å²) in [4.78, 5) is 2.49. The molecular formula is C17H28N2O. The van der Waals surface area contributed by atoms with Gasteiger partial charge in [0.15, 0.2) is 0 Å². The molecule has 0 amide bonds. The average molecular weight is 276 g/mol. The molecule has 1 fully saturated rings. The van der Waals surface area contributed by atoms with Gasteiger partial charge in [-0.05, 0) is 45.7 Å². The number of rotatable bonds is 4. The van der Waals surface area contributed by atoms with Crippen molar-refractivity contribution in [2.75, 3.05) is 26.7 Å². The molecule has 0 bridgehead atoms. The van der Waals surface area contributed by atoms with Gasteiger partial charge in [-0.3, -0.25) is 4.90 Å². The van der Waals surface area contributed by atoms with Crippen LogP contribution in [0.2, 0.25) is 0 Å². The molecule has 2 unspecified atom stereocenters. The van der Waals surface area contributed by atoms with Crippen molar-refractivity contribution in [3.05, 3.63) is 34.9 Å². The van der Waals surface area contributed by atoms with E-state index in [4.69, 9.17) is 10.5 Å². The van der Waals surface area contributed by atoms with E-state index in [1.54, 1.807) is 0 Å². The SMILES string of the molecule is COC1(C)CCCN(C(CN)c2cc(C)cc(C)c2)C1. The lowest BCUT2D eigenvalue weighted by molar-refractivity contribution is -0.0608. The molecule has 20 heavy (non-hydrogen) atoms. The lowest BCUT2D eigenvalue weighted by Crippen LogP contribution is -2.49. The number of benzene rings is 1. The predicted molar refractivity (Wildman–Crippen MR) is 83.9 cm³/mol. The van der Waals surface area contributed by atoms with Crippen LogP contribution in [0.25, 0.3) is 0 Å². The van der Waals surface area contributed by atoms with E-state index >= 15 is 0 Å². The van der Waals surface area contributed by atoms with Crippen molar-refractivity contribution >= 4 is 0 Å². The van der Waals surface area contributed by atoms with Crippen molar-refractivity contribution in [3.8, 4) is 0 Å². The number of aryl methyl sites for hydroxylation is 2. The van der Waals surface area contributed by atoms with Crippen LogP contribution in [0.1, 0.15) is 42.5 Å². The predicted octanol–water partition coefficient (Wildman–Crippen LogP) is 2.80. The van der Waals surface area contributed by atoms with Crippen molar-refractivity contribution in [2.24, 2.45) is 5.73 Å². The Labute approximate surface area is 123 Å². The summed E-state index contributed by atoms with van der Waals surface area (Å²) in [6, 6.07) is 7.04. The molecular weight excluding hydrogens is 248 g/mol. The lowest BCUT2D eigenvalue weighted by Gasteiger charge is -2.43. The summed E-state index contributed by atoms with van der Waals surface area (Å²) in [5, 5.41) is 0. The monoisotopic (exact) mass is 276 g/mol. The van der Waals surface area contributed by atoms with Crippen LogP contribution in [-0.2, 0) is 4.74 Å². The fraction of sp³-hybridized carbons (Fsp3) is 0.647. The second-order valence-corrected chi connectivity index (χ2v) is 6.40. The molecule has 0 aromatic heterocycles. The first-order valence-corrected chi connectivity index (χ1v) is 7.55. The van der Waals surface area contributed by atoms with Crippen LogP contribution >= 0.6 is 0 Å². The Hall–Kier alpha value is -0.900. The number of ether oxygens (including phenoxy) is 1. The molecule has 2 N–H and O–H groups in total. The van der Waals surface area contributed by atoms with E-state index in [9.17, 15) is 0 Å². The molecule has 2 atom stereocenters. The number of nitrogens with zero attached hydrogens (tertiary/aromatic N) is 1. The molecule has 1 aliphatic rings. The molecule has 0 radical (unpaired) electrons. The second kappa shape index (κ2) is 6.25. The Kier molecular flexibility index (Phi) is 4.84. The fourth-order valence-electron chi connectivity index (χ4n) is 3.37. The van der Waals surface area contributed by atoms with E-state index in [2.05, 4.69) is 43.9 Å². The van der Waals surface area contributed by atoms with Crippen molar-refractivity contribution in [1.82, 2.24) is 4.90 Å². The molecule has 0 aliphatic carbocycles. The maximum Gasteiger partial charge on any atom is 0.0777 e. The van der Waals surface area contributed by atoms with Gasteiger partial charge in [0.1, 0.15) is 0 Å². The largest absolute Gasteiger partial charge is 0.377 e. The summed E-state index contributed by atoms with van der Waals surface area (Å²) in [6.07, 6.45) is 2.30. The smallest absolute Gasteiger partial charge is 0.0777 e. The zero-order chi connectivity index (χ0) is 14.8. The number of likely N-dealkylation sites (tertiary alicyclic amines) is 1. The molecule has 1 aliphatic heterocycles. The second-order valence-electron chi connectivity index (χ2n) is 6.40. The van der Waals surface area contributed by atoms with Crippen molar-refractivity contribution in [1.29, 1.82) is 0 Å². The van der Waals surface area contributed by atoms with Gasteiger partial charge < -0.3 is 10.5 Å². The van der Waals surface area contributed by atoms with Gasteiger partial charge in [-0.15, -0.1) is 0 Å². The highest BCUT2D eigenvalue weighted by atomic mass is 16.5. The fourth-order valence-corrected chi connectivity index (χ4v) is 3.37. The minimum absolute atomic E-state index is 0.0372. The van der Waals surface area contributed by atoms with Crippen molar-refractivity contribution in [2.45, 2.75) is 45.3 Å². The van der Waals surface area contributed by atoms with Crippen LogP contribution in [0.3, 0.4) is 0 Å². The van der Waals surface area contributed by atoms with E-state index in [1.165, 1.54) is 23.1 Å². The summed E-state index contributed by atoms with van der Waals surface area (Å²) in [6.45, 7) is 9.22. The third kappa shape index (κ3) is 3.40. The topological polar surface area (TPSA) is 38.5 Å².